The molecule has 1 unspecified atom stereocenters. The number of benzene rings is 1. The highest BCUT2D eigenvalue weighted by Gasteiger charge is 2.27. The molecule has 21 heavy (non-hydrogen) atoms. The number of hydrogen-bond donors (Lipinski definition) is 1. The topological polar surface area (TPSA) is 21.3 Å². The summed E-state index contributed by atoms with van der Waals surface area (Å²) in [5.74, 6) is 0.906. The first-order valence-corrected chi connectivity index (χ1v) is 7.55. The second-order valence-corrected chi connectivity index (χ2v) is 5.48. The van der Waals surface area contributed by atoms with Crippen molar-refractivity contribution in [2.75, 3.05) is 13.2 Å². The number of halogens is 3. The Labute approximate surface area is 123 Å². The molecule has 0 aromatic heterocycles. The number of fused-ring (bicyclic) bond motifs is 1. The van der Waals surface area contributed by atoms with E-state index in [2.05, 4.69) is 18.3 Å². The highest BCUT2D eigenvalue weighted by Crippen LogP contribution is 2.31. The summed E-state index contributed by atoms with van der Waals surface area (Å²) < 4.78 is 42.4. The van der Waals surface area contributed by atoms with Crippen LogP contribution in [0.2, 0.25) is 0 Å². The summed E-state index contributed by atoms with van der Waals surface area (Å²) in [6.45, 7) is 3.56. The van der Waals surface area contributed by atoms with Crippen LogP contribution in [-0.4, -0.2) is 19.3 Å². The van der Waals surface area contributed by atoms with Crippen molar-refractivity contribution in [2.45, 2.75) is 51.2 Å². The summed E-state index contributed by atoms with van der Waals surface area (Å²) >= 11 is 0. The van der Waals surface area contributed by atoms with Gasteiger partial charge in [0, 0.05) is 18.9 Å². The van der Waals surface area contributed by atoms with Crippen LogP contribution in [0.4, 0.5) is 13.2 Å². The lowest BCUT2D eigenvalue weighted by molar-refractivity contribution is -0.135. The standard InChI is InChI=1S/C16H22F3NO/c1-2-9-20-14(4-3-8-16(17,18)19)12-5-6-15-13(11-12)7-10-21-15/h5-6,11,14,20H,2-4,7-10H2,1H3. The van der Waals surface area contributed by atoms with Crippen molar-refractivity contribution in [3.8, 4) is 5.75 Å². The molecule has 0 fully saturated rings. The van der Waals surface area contributed by atoms with Gasteiger partial charge < -0.3 is 10.1 Å². The lowest BCUT2D eigenvalue weighted by atomic mass is 9.98. The lowest BCUT2D eigenvalue weighted by Gasteiger charge is -2.20. The van der Waals surface area contributed by atoms with Crippen LogP contribution in [0.15, 0.2) is 18.2 Å². The van der Waals surface area contributed by atoms with Crippen molar-refractivity contribution in [3.05, 3.63) is 29.3 Å². The average molecular weight is 301 g/mol. The Morgan fingerprint density at radius 1 is 1.33 bits per heavy atom. The zero-order valence-corrected chi connectivity index (χ0v) is 12.3. The molecule has 118 valence electrons. The predicted molar refractivity (Wildman–Crippen MR) is 76.6 cm³/mol. The van der Waals surface area contributed by atoms with Crippen LogP contribution in [0.3, 0.4) is 0 Å². The van der Waals surface area contributed by atoms with E-state index in [1.165, 1.54) is 0 Å². The van der Waals surface area contributed by atoms with E-state index >= 15 is 0 Å². The lowest BCUT2D eigenvalue weighted by Crippen LogP contribution is -2.23. The van der Waals surface area contributed by atoms with Crippen LogP contribution in [-0.2, 0) is 6.42 Å². The van der Waals surface area contributed by atoms with E-state index in [-0.39, 0.29) is 12.5 Å². The second kappa shape index (κ2) is 7.16. The molecule has 1 aromatic carbocycles. The van der Waals surface area contributed by atoms with Crippen molar-refractivity contribution in [3.63, 3.8) is 0 Å². The van der Waals surface area contributed by atoms with E-state index in [4.69, 9.17) is 4.74 Å². The SMILES string of the molecule is CCCNC(CCCC(F)(F)F)c1ccc2c(c1)CCO2. The van der Waals surface area contributed by atoms with Gasteiger partial charge in [-0.15, -0.1) is 0 Å². The van der Waals surface area contributed by atoms with Crippen molar-refractivity contribution in [1.82, 2.24) is 5.32 Å². The van der Waals surface area contributed by atoms with E-state index < -0.39 is 12.6 Å². The molecule has 5 heteroatoms. The number of hydrogen-bond acceptors (Lipinski definition) is 2. The van der Waals surface area contributed by atoms with Crippen LogP contribution in [0.5, 0.6) is 5.75 Å². The van der Waals surface area contributed by atoms with Gasteiger partial charge >= 0.3 is 6.18 Å². The number of alkyl halides is 3. The first-order valence-electron chi connectivity index (χ1n) is 7.55. The Balaban J connectivity index is 2.01. The number of ether oxygens (including phenoxy) is 1. The highest BCUT2D eigenvalue weighted by atomic mass is 19.4. The number of nitrogens with one attached hydrogen (secondary N) is 1. The first-order chi connectivity index (χ1) is 9.99. The van der Waals surface area contributed by atoms with Gasteiger partial charge in [0.1, 0.15) is 5.75 Å². The molecule has 0 spiro atoms. The van der Waals surface area contributed by atoms with Crippen LogP contribution >= 0.6 is 0 Å². The molecule has 0 saturated carbocycles. The van der Waals surface area contributed by atoms with Gasteiger partial charge in [0.2, 0.25) is 0 Å². The average Bonchev–Trinajstić information content (AvgIpc) is 2.88. The molecule has 1 atom stereocenters. The summed E-state index contributed by atoms with van der Waals surface area (Å²) in [7, 11) is 0. The maximum atomic E-state index is 12.3. The fourth-order valence-corrected chi connectivity index (χ4v) is 2.64. The van der Waals surface area contributed by atoms with Crippen LogP contribution in [0, 0.1) is 0 Å². The predicted octanol–water partition coefficient (Wildman–Crippen LogP) is 4.39. The molecule has 0 radical (unpaired) electrons. The highest BCUT2D eigenvalue weighted by molar-refractivity contribution is 5.40. The van der Waals surface area contributed by atoms with Crippen molar-refractivity contribution >= 4 is 0 Å². The van der Waals surface area contributed by atoms with Crippen LogP contribution in [0.25, 0.3) is 0 Å². The van der Waals surface area contributed by atoms with Gasteiger partial charge in [-0.25, -0.2) is 0 Å². The minimum atomic E-state index is -4.07. The molecule has 2 nitrogen and oxygen atoms in total. The van der Waals surface area contributed by atoms with Gasteiger partial charge in [-0.05, 0) is 43.0 Å². The van der Waals surface area contributed by atoms with Gasteiger partial charge in [0.25, 0.3) is 0 Å². The maximum Gasteiger partial charge on any atom is 0.389 e. The Morgan fingerprint density at radius 3 is 2.86 bits per heavy atom. The Bertz CT molecular complexity index is 459. The maximum absolute atomic E-state index is 12.3. The normalized spacial score (nSPS) is 15.6. The largest absolute Gasteiger partial charge is 0.493 e. The smallest absolute Gasteiger partial charge is 0.389 e. The second-order valence-electron chi connectivity index (χ2n) is 5.48. The molecule has 0 amide bonds. The van der Waals surface area contributed by atoms with Gasteiger partial charge in [-0.1, -0.05) is 19.1 Å². The Morgan fingerprint density at radius 2 is 2.14 bits per heavy atom. The fourth-order valence-electron chi connectivity index (χ4n) is 2.64. The summed E-state index contributed by atoms with van der Waals surface area (Å²) in [6.07, 6.45) is -2.29. The third kappa shape index (κ3) is 4.92. The summed E-state index contributed by atoms with van der Waals surface area (Å²) in [5, 5.41) is 3.35. The molecule has 2 rings (SSSR count). The van der Waals surface area contributed by atoms with E-state index in [0.717, 1.165) is 36.3 Å². The van der Waals surface area contributed by atoms with Gasteiger partial charge in [0.15, 0.2) is 0 Å². The third-order valence-electron chi connectivity index (χ3n) is 3.71. The molecular weight excluding hydrogens is 279 g/mol. The third-order valence-corrected chi connectivity index (χ3v) is 3.71. The molecule has 1 heterocycles. The van der Waals surface area contributed by atoms with Gasteiger partial charge in [-0.3, -0.25) is 0 Å². The molecule has 1 aromatic rings. The van der Waals surface area contributed by atoms with Crippen molar-refractivity contribution < 1.29 is 17.9 Å². The van der Waals surface area contributed by atoms with E-state index in [1.807, 2.05) is 12.1 Å². The zero-order valence-electron chi connectivity index (χ0n) is 12.3. The molecule has 1 aliphatic rings. The van der Waals surface area contributed by atoms with E-state index in [1.54, 1.807) is 0 Å². The summed E-state index contributed by atoms with van der Waals surface area (Å²) in [6, 6.07) is 5.95. The number of rotatable bonds is 7. The van der Waals surface area contributed by atoms with Crippen LogP contribution < -0.4 is 10.1 Å². The minimum absolute atomic E-state index is 0.0156. The van der Waals surface area contributed by atoms with Crippen LogP contribution in [0.1, 0.15) is 49.8 Å². The molecule has 0 aliphatic carbocycles. The molecule has 1 aliphatic heterocycles. The zero-order chi connectivity index (χ0) is 15.3. The van der Waals surface area contributed by atoms with Crippen molar-refractivity contribution in [1.29, 1.82) is 0 Å². The van der Waals surface area contributed by atoms with Gasteiger partial charge in [0.05, 0.1) is 6.61 Å². The quantitative estimate of drug-likeness (QED) is 0.806. The first kappa shape index (κ1) is 16.1. The van der Waals surface area contributed by atoms with Crippen molar-refractivity contribution in [2.24, 2.45) is 0 Å². The molecule has 0 bridgehead atoms. The van der Waals surface area contributed by atoms with E-state index in [9.17, 15) is 13.2 Å². The monoisotopic (exact) mass is 301 g/mol. The van der Waals surface area contributed by atoms with Gasteiger partial charge in [-0.2, -0.15) is 13.2 Å². The Hall–Kier alpha value is -1.23. The fraction of sp³-hybridized carbons (Fsp3) is 0.625. The summed E-state index contributed by atoms with van der Waals surface area (Å²) in [5.41, 5.74) is 2.22. The Kier molecular flexibility index (Phi) is 5.51. The summed E-state index contributed by atoms with van der Waals surface area (Å²) in [4.78, 5) is 0. The minimum Gasteiger partial charge on any atom is -0.493 e. The van der Waals surface area contributed by atoms with E-state index in [0.29, 0.717) is 13.0 Å². The molecule has 1 N–H and O–H groups in total. The molecular formula is C16H22F3NO. The molecule has 0 saturated heterocycles.